The summed E-state index contributed by atoms with van der Waals surface area (Å²) < 4.78 is 0. The Bertz CT molecular complexity index is 520. The van der Waals surface area contributed by atoms with E-state index >= 15 is 0 Å². The zero-order valence-electron chi connectivity index (χ0n) is 12.4. The summed E-state index contributed by atoms with van der Waals surface area (Å²) in [5.74, 6) is 0. The van der Waals surface area contributed by atoms with Crippen molar-refractivity contribution in [3.05, 3.63) is 59.2 Å². The SMILES string of the molecule is CCCc1cc(-c2ccc(CC)cc2)ccc1CC. The lowest BCUT2D eigenvalue weighted by Gasteiger charge is -2.10. The lowest BCUT2D eigenvalue weighted by atomic mass is 9.95. The minimum Gasteiger partial charge on any atom is -0.0651 e. The summed E-state index contributed by atoms with van der Waals surface area (Å²) in [4.78, 5) is 0. The Labute approximate surface area is 117 Å². The lowest BCUT2D eigenvalue weighted by Crippen LogP contribution is -1.93. The van der Waals surface area contributed by atoms with Crippen LogP contribution in [0.15, 0.2) is 42.5 Å². The number of hydrogen-bond acceptors (Lipinski definition) is 0. The van der Waals surface area contributed by atoms with Crippen LogP contribution >= 0.6 is 0 Å². The molecule has 0 fully saturated rings. The second-order valence-corrected chi connectivity index (χ2v) is 5.14. The second kappa shape index (κ2) is 6.56. The minimum absolute atomic E-state index is 1.11. The van der Waals surface area contributed by atoms with Gasteiger partial charge in [-0.15, -0.1) is 0 Å². The van der Waals surface area contributed by atoms with Gasteiger partial charge in [0.25, 0.3) is 0 Å². The van der Waals surface area contributed by atoms with Crippen molar-refractivity contribution in [1.82, 2.24) is 0 Å². The van der Waals surface area contributed by atoms with Crippen LogP contribution in [0.25, 0.3) is 11.1 Å². The highest BCUT2D eigenvalue weighted by Gasteiger charge is 2.04. The van der Waals surface area contributed by atoms with Gasteiger partial charge in [-0.05, 0) is 47.1 Å². The van der Waals surface area contributed by atoms with E-state index in [1.165, 1.54) is 40.7 Å². The number of aryl methyl sites for hydroxylation is 3. The molecule has 0 bridgehead atoms. The lowest BCUT2D eigenvalue weighted by molar-refractivity contribution is 0.900. The smallest absolute Gasteiger partial charge is 0.0181 e. The molecule has 0 nitrogen and oxygen atoms in total. The molecule has 2 rings (SSSR count). The Hall–Kier alpha value is -1.56. The van der Waals surface area contributed by atoms with Crippen LogP contribution in [-0.2, 0) is 19.3 Å². The highest BCUT2D eigenvalue weighted by Crippen LogP contribution is 2.24. The van der Waals surface area contributed by atoms with Gasteiger partial charge >= 0.3 is 0 Å². The van der Waals surface area contributed by atoms with Crippen LogP contribution in [0.2, 0.25) is 0 Å². The Balaban J connectivity index is 2.35. The fraction of sp³-hybridized carbons (Fsp3) is 0.368. The Morgan fingerprint density at radius 3 is 1.95 bits per heavy atom. The van der Waals surface area contributed by atoms with Gasteiger partial charge in [0.2, 0.25) is 0 Å². The normalized spacial score (nSPS) is 10.7. The maximum absolute atomic E-state index is 2.38. The first kappa shape index (κ1) is 13.9. The van der Waals surface area contributed by atoms with E-state index < -0.39 is 0 Å². The van der Waals surface area contributed by atoms with Gasteiger partial charge in [0.05, 0.1) is 0 Å². The van der Waals surface area contributed by atoms with E-state index in [2.05, 4.69) is 63.2 Å². The molecule has 100 valence electrons. The van der Waals surface area contributed by atoms with Gasteiger partial charge in [0, 0.05) is 0 Å². The van der Waals surface area contributed by atoms with Crippen molar-refractivity contribution in [2.24, 2.45) is 0 Å². The van der Waals surface area contributed by atoms with Crippen molar-refractivity contribution < 1.29 is 0 Å². The van der Waals surface area contributed by atoms with Crippen LogP contribution < -0.4 is 0 Å². The zero-order valence-corrected chi connectivity index (χ0v) is 12.4. The third kappa shape index (κ3) is 3.26. The quantitative estimate of drug-likeness (QED) is 0.665. The van der Waals surface area contributed by atoms with Crippen LogP contribution in [0, 0.1) is 0 Å². The number of rotatable bonds is 5. The maximum Gasteiger partial charge on any atom is -0.0181 e. The van der Waals surface area contributed by atoms with Crippen LogP contribution in [-0.4, -0.2) is 0 Å². The average molecular weight is 252 g/mol. The minimum atomic E-state index is 1.11. The fourth-order valence-electron chi connectivity index (χ4n) is 2.59. The van der Waals surface area contributed by atoms with Gasteiger partial charge in [-0.1, -0.05) is 69.7 Å². The highest BCUT2D eigenvalue weighted by atomic mass is 14.1. The summed E-state index contributed by atoms with van der Waals surface area (Å²) in [6.45, 7) is 6.69. The van der Waals surface area contributed by atoms with Crippen LogP contribution in [0.5, 0.6) is 0 Å². The van der Waals surface area contributed by atoms with E-state index in [4.69, 9.17) is 0 Å². The van der Waals surface area contributed by atoms with Crippen molar-refractivity contribution in [3.8, 4) is 11.1 Å². The molecular weight excluding hydrogens is 228 g/mol. The van der Waals surface area contributed by atoms with Crippen molar-refractivity contribution in [3.63, 3.8) is 0 Å². The van der Waals surface area contributed by atoms with Crippen molar-refractivity contribution in [2.45, 2.75) is 46.5 Å². The van der Waals surface area contributed by atoms with E-state index in [-0.39, 0.29) is 0 Å². The van der Waals surface area contributed by atoms with Crippen LogP contribution in [0.1, 0.15) is 43.9 Å². The molecule has 0 aromatic heterocycles. The molecule has 0 heterocycles. The summed E-state index contributed by atoms with van der Waals surface area (Å²) in [5, 5.41) is 0. The van der Waals surface area contributed by atoms with Gasteiger partial charge in [-0.2, -0.15) is 0 Å². The summed E-state index contributed by atoms with van der Waals surface area (Å²) in [5.41, 5.74) is 7.10. The van der Waals surface area contributed by atoms with Crippen LogP contribution in [0.3, 0.4) is 0 Å². The Morgan fingerprint density at radius 2 is 1.37 bits per heavy atom. The molecule has 0 atom stereocenters. The van der Waals surface area contributed by atoms with Gasteiger partial charge < -0.3 is 0 Å². The van der Waals surface area contributed by atoms with Gasteiger partial charge in [0.1, 0.15) is 0 Å². The highest BCUT2D eigenvalue weighted by molar-refractivity contribution is 5.65. The predicted octanol–water partition coefficient (Wildman–Crippen LogP) is 5.43. The molecule has 0 heteroatoms. The summed E-state index contributed by atoms with van der Waals surface area (Å²) in [6, 6.07) is 15.9. The van der Waals surface area contributed by atoms with E-state index in [1.807, 2.05) is 0 Å². The largest absolute Gasteiger partial charge is 0.0651 e. The number of benzene rings is 2. The third-order valence-electron chi connectivity index (χ3n) is 3.80. The van der Waals surface area contributed by atoms with E-state index in [0.29, 0.717) is 0 Å². The first-order chi connectivity index (χ1) is 9.28. The molecule has 0 saturated heterocycles. The van der Waals surface area contributed by atoms with Crippen molar-refractivity contribution in [1.29, 1.82) is 0 Å². The van der Waals surface area contributed by atoms with Gasteiger partial charge in [-0.25, -0.2) is 0 Å². The molecule has 2 aromatic carbocycles. The van der Waals surface area contributed by atoms with Crippen LogP contribution in [0.4, 0.5) is 0 Å². The molecule has 0 amide bonds. The molecule has 0 unspecified atom stereocenters. The monoisotopic (exact) mass is 252 g/mol. The Kier molecular flexibility index (Phi) is 4.79. The summed E-state index contributed by atoms with van der Waals surface area (Å²) in [6.07, 6.45) is 4.63. The second-order valence-electron chi connectivity index (χ2n) is 5.14. The summed E-state index contributed by atoms with van der Waals surface area (Å²) >= 11 is 0. The molecule has 2 aromatic rings. The molecule has 0 aliphatic rings. The molecule has 0 aliphatic carbocycles. The zero-order chi connectivity index (χ0) is 13.7. The average Bonchev–Trinajstić information content (AvgIpc) is 2.47. The topological polar surface area (TPSA) is 0 Å². The molecule has 0 N–H and O–H groups in total. The first-order valence-electron chi connectivity index (χ1n) is 7.49. The molecule has 0 saturated carbocycles. The fourth-order valence-corrected chi connectivity index (χ4v) is 2.59. The third-order valence-corrected chi connectivity index (χ3v) is 3.80. The van der Waals surface area contributed by atoms with Gasteiger partial charge in [0.15, 0.2) is 0 Å². The standard InChI is InChI=1S/C19H24/c1-4-7-18-14-19(13-12-16(18)6-3)17-10-8-15(5-2)9-11-17/h8-14H,4-7H2,1-3H3. The van der Waals surface area contributed by atoms with E-state index in [0.717, 1.165) is 12.8 Å². The summed E-state index contributed by atoms with van der Waals surface area (Å²) in [7, 11) is 0. The molecule has 0 radical (unpaired) electrons. The Morgan fingerprint density at radius 1 is 0.684 bits per heavy atom. The molecule has 0 spiro atoms. The first-order valence-corrected chi connectivity index (χ1v) is 7.49. The van der Waals surface area contributed by atoms with Gasteiger partial charge in [-0.3, -0.25) is 0 Å². The van der Waals surface area contributed by atoms with Crippen molar-refractivity contribution in [2.75, 3.05) is 0 Å². The molecule has 0 aliphatic heterocycles. The van der Waals surface area contributed by atoms with Crippen molar-refractivity contribution >= 4 is 0 Å². The molecule has 19 heavy (non-hydrogen) atoms. The number of hydrogen-bond donors (Lipinski definition) is 0. The van der Waals surface area contributed by atoms with E-state index in [1.54, 1.807) is 0 Å². The molecular formula is C19H24. The predicted molar refractivity (Wildman–Crippen MR) is 84.6 cm³/mol. The van der Waals surface area contributed by atoms with E-state index in [9.17, 15) is 0 Å². The maximum atomic E-state index is 2.38.